The summed E-state index contributed by atoms with van der Waals surface area (Å²) in [5.74, 6) is -0.202. The Morgan fingerprint density at radius 3 is 2.72 bits per heavy atom. The maximum atomic E-state index is 11.9. The minimum absolute atomic E-state index is 0.0920. The second-order valence-electron chi connectivity index (χ2n) is 5.12. The van der Waals surface area contributed by atoms with Crippen molar-refractivity contribution >= 4 is 23.4 Å². The van der Waals surface area contributed by atoms with Crippen LogP contribution >= 0.6 is 11.6 Å². The summed E-state index contributed by atoms with van der Waals surface area (Å²) in [5, 5.41) is 3.11. The highest BCUT2D eigenvalue weighted by Gasteiger charge is 2.38. The van der Waals surface area contributed by atoms with Gasteiger partial charge in [-0.3, -0.25) is 9.59 Å². The van der Waals surface area contributed by atoms with Crippen molar-refractivity contribution in [1.29, 1.82) is 0 Å². The molecule has 1 unspecified atom stereocenters. The quantitative estimate of drug-likeness (QED) is 0.844. The number of nitrogens with zero attached hydrogens (tertiary/aromatic N) is 1. The number of rotatable bonds is 4. The molecule has 0 aromatic carbocycles. The Labute approximate surface area is 112 Å². The number of likely N-dealkylation sites (tertiary alicyclic amines) is 1. The Balaban J connectivity index is 1.87. The summed E-state index contributed by atoms with van der Waals surface area (Å²) in [6, 6.07) is 0.360. The summed E-state index contributed by atoms with van der Waals surface area (Å²) in [6.45, 7) is 4.35. The smallest absolute Gasteiger partial charge is 0.225 e. The predicted octanol–water partition coefficient (Wildman–Crippen LogP) is 1.65. The van der Waals surface area contributed by atoms with Crippen molar-refractivity contribution in [3.8, 4) is 0 Å². The van der Waals surface area contributed by atoms with Crippen molar-refractivity contribution in [2.24, 2.45) is 5.92 Å². The zero-order chi connectivity index (χ0) is 13.1. The van der Waals surface area contributed by atoms with E-state index in [-0.39, 0.29) is 24.3 Å². The van der Waals surface area contributed by atoms with Crippen LogP contribution in [0.3, 0.4) is 0 Å². The fourth-order valence-corrected chi connectivity index (χ4v) is 2.87. The van der Waals surface area contributed by atoms with Crippen molar-refractivity contribution in [3.05, 3.63) is 11.6 Å². The third-order valence-electron chi connectivity index (χ3n) is 3.75. The molecule has 2 rings (SSSR count). The minimum Gasteiger partial charge on any atom is -0.351 e. The second-order valence-corrected chi connectivity index (χ2v) is 5.66. The van der Waals surface area contributed by atoms with Crippen LogP contribution in [0.15, 0.2) is 11.6 Å². The van der Waals surface area contributed by atoms with E-state index in [0.717, 1.165) is 12.8 Å². The van der Waals surface area contributed by atoms with Crippen molar-refractivity contribution in [3.63, 3.8) is 0 Å². The fourth-order valence-electron chi connectivity index (χ4n) is 2.80. The van der Waals surface area contributed by atoms with Crippen LogP contribution in [0.1, 0.15) is 32.1 Å². The summed E-state index contributed by atoms with van der Waals surface area (Å²) in [7, 11) is 0. The van der Waals surface area contributed by atoms with Crippen LogP contribution in [0.25, 0.3) is 0 Å². The van der Waals surface area contributed by atoms with Crippen LogP contribution in [-0.2, 0) is 9.59 Å². The average molecular weight is 271 g/mol. The van der Waals surface area contributed by atoms with Crippen LogP contribution in [0.4, 0.5) is 0 Å². The van der Waals surface area contributed by atoms with Gasteiger partial charge < -0.3 is 10.2 Å². The molecule has 0 aromatic heterocycles. The third kappa shape index (κ3) is 3.05. The van der Waals surface area contributed by atoms with Crippen molar-refractivity contribution in [1.82, 2.24) is 10.2 Å². The molecule has 1 atom stereocenters. The third-order valence-corrected chi connectivity index (χ3v) is 3.88. The summed E-state index contributed by atoms with van der Waals surface area (Å²) in [5.41, 5.74) is 0. The van der Waals surface area contributed by atoms with E-state index >= 15 is 0 Å². The summed E-state index contributed by atoms with van der Waals surface area (Å²) in [6.07, 6.45) is 4.88. The largest absolute Gasteiger partial charge is 0.351 e. The molecule has 4 nitrogen and oxygen atoms in total. The van der Waals surface area contributed by atoms with Crippen LogP contribution in [0.2, 0.25) is 0 Å². The maximum absolute atomic E-state index is 11.9. The number of halogens is 1. The van der Waals surface area contributed by atoms with Gasteiger partial charge in [0.05, 0.1) is 12.5 Å². The second kappa shape index (κ2) is 5.74. The van der Waals surface area contributed by atoms with Gasteiger partial charge in [-0.25, -0.2) is 0 Å². The fraction of sp³-hybridized carbons (Fsp3) is 0.692. The van der Waals surface area contributed by atoms with Crippen molar-refractivity contribution in [2.45, 2.75) is 38.1 Å². The number of hydrogen-bond acceptors (Lipinski definition) is 2. The van der Waals surface area contributed by atoms with Gasteiger partial charge in [0.15, 0.2) is 0 Å². The molecule has 0 aromatic rings. The van der Waals surface area contributed by atoms with Crippen molar-refractivity contribution < 1.29 is 9.59 Å². The Morgan fingerprint density at radius 2 is 2.11 bits per heavy atom. The van der Waals surface area contributed by atoms with E-state index in [2.05, 4.69) is 11.9 Å². The molecule has 1 saturated carbocycles. The molecule has 18 heavy (non-hydrogen) atoms. The molecular formula is C13H19ClN2O2. The van der Waals surface area contributed by atoms with Gasteiger partial charge in [0.1, 0.15) is 0 Å². The predicted molar refractivity (Wildman–Crippen MR) is 70.1 cm³/mol. The molecule has 2 fully saturated rings. The Morgan fingerprint density at radius 1 is 1.44 bits per heavy atom. The molecule has 0 bridgehead atoms. The normalized spacial score (nSPS) is 24.6. The lowest BCUT2D eigenvalue weighted by atomic mass is 10.1. The number of nitrogens with one attached hydrogen (secondary N) is 1. The molecule has 2 aliphatic rings. The molecule has 5 heteroatoms. The van der Waals surface area contributed by atoms with Gasteiger partial charge in [-0.15, -0.1) is 0 Å². The van der Waals surface area contributed by atoms with Gasteiger partial charge >= 0.3 is 0 Å². The first kappa shape index (κ1) is 13.4. The molecule has 100 valence electrons. The molecule has 2 amide bonds. The highest BCUT2D eigenvalue weighted by atomic mass is 35.5. The molecule has 0 spiro atoms. The molecule has 1 N–H and O–H groups in total. The number of carbonyl (C=O) groups is 2. The van der Waals surface area contributed by atoms with E-state index in [4.69, 9.17) is 11.6 Å². The van der Waals surface area contributed by atoms with Crippen LogP contribution < -0.4 is 5.32 Å². The lowest BCUT2D eigenvalue weighted by Crippen LogP contribution is -2.37. The topological polar surface area (TPSA) is 49.4 Å². The first-order chi connectivity index (χ1) is 8.58. The van der Waals surface area contributed by atoms with E-state index in [1.54, 1.807) is 0 Å². The van der Waals surface area contributed by atoms with Gasteiger partial charge in [-0.2, -0.15) is 0 Å². The molecule has 1 aliphatic carbocycles. The molecule has 0 radical (unpaired) electrons. The Kier molecular flexibility index (Phi) is 4.27. The minimum atomic E-state index is -0.228. The van der Waals surface area contributed by atoms with E-state index in [9.17, 15) is 9.59 Å². The first-order valence-corrected chi connectivity index (χ1v) is 6.86. The molecule has 1 saturated heterocycles. The number of amides is 2. The molecule has 1 heterocycles. The number of carbonyl (C=O) groups excluding carboxylic acids is 2. The Hall–Kier alpha value is -1.03. The Bertz CT molecular complexity index is 364. The molecule has 1 aliphatic heterocycles. The van der Waals surface area contributed by atoms with Gasteiger partial charge in [0.2, 0.25) is 11.8 Å². The lowest BCUT2D eigenvalue weighted by molar-refractivity contribution is -0.130. The highest BCUT2D eigenvalue weighted by molar-refractivity contribution is 6.29. The number of hydrogen-bond donors (Lipinski definition) is 1. The van der Waals surface area contributed by atoms with E-state index in [1.807, 2.05) is 4.90 Å². The summed E-state index contributed by atoms with van der Waals surface area (Å²) in [4.78, 5) is 25.7. The van der Waals surface area contributed by atoms with Crippen LogP contribution in [-0.4, -0.2) is 35.8 Å². The van der Waals surface area contributed by atoms with Gasteiger partial charge in [0, 0.05) is 24.0 Å². The van der Waals surface area contributed by atoms with Crippen LogP contribution in [0.5, 0.6) is 0 Å². The summed E-state index contributed by atoms with van der Waals surface area (Å²) < 4.78 is 0. The van der Waals surface area contributed by atoms with E-state index in [0.29, 0.717) is 24.0 Å². The first-order valence-electron chi connectivity index (χ1n) is 6.48. The standard InChI is InChI=1S/C13H19ClN2O2/c1-9(14)7-15-13(18)10-6-12(17)16(8-10)11-4-2-3-5-11/h10-11H,1-8H2,(H,15,18). The monoisotopic (exact) mass is 270 g/mol. The zero-order valence-electron chi connectivity index (χ0n) is 10.5. The lowest BCUT2D eigenvalue weighted by Gasteiger charge is -2.23. The van der Waals surface area contributed by atoms with E-state index in [1.165, 1.54) is 12.8 Å². The summed E-state index contributed by atoms with van der Waals surface area (Å²) >= 11 is 5.60. The molecular weight excluding hydrogens is 252 g/mol. The van der Waals surface area contributed by atoms with Gasteiger partial charge in [0.25, 0.3) is 0 Å². The SMILES string of the molecule is C=C(Cl)CNC(=O)C1CC(=O)N(C2CCCC2)C1. The average Bonchev–Trinajstić information content (AvgIpc) is 2.94. The van der Waals surface area contributed by atoms with Crippen LogP contribution in [0, 0.1) is 5.92 Å². The maximum Gasteiger partial charge on any atom is 0.225 e. The van der Waals surface area contributed by atoms with E-state index < -0.39 is 0 Å². The van der Waals surface area contributed by atoms with Crippen molar-refractivity contribution in [2.75, 3.05) is 13.1 Å². The highest BCUT2D eigenvalue weighted by Crippen LogP contribution is 2.29. The van der Waals surface area contributed by atoms with Gasteiger partial charge in [-0.1, -0.05) is 31.0 Å². The zero-order valence-corrected chi connectivity index (χ0v) is 11.2. The van der Waals surface area contributed by atoms with Gasteiger partial charge in [-0.05, 0) is 12.8 Å².